The van der Waals surface area contributed by atoms with Crippen molar-refractivity contribution in [1.29, 1.82) is 0 Å². The third-order valence-corrected chi connectivity index (χ3v) is 6.90. The lowest BCUT2D eigenvalue weighted by atomic mass is 9.94. The fourth-order valence-corrected chi connectivity index (χ4v) is 5.30. The first-order chi connectivity index (χ1) is 12.3. The van der Waals surface area contributed by atoms with Gasteiger partial charge in [-0.3, -0.25) is 9.78 Å². The number of rotatable bonds is 5. The number of fused-ring (bicyclic) bond motifs is 1. The minimum absolute atomic E-state index is 0.194. The van der Waals surface area contributed by atoms with E-state index in [2.05, 4.69) is 20.0 Å². The highest BCUT2D eigenvalue weighted by Gasteiger charge is 2.62. The Balaban J connectivity index is 1.67. The van der Waals surface area contributed by atoms with Crippen molar-refractivity contribution in [2.45, 2.75) is 43.5 Å². The number of nitrogens with zero attached hydrogens (tertiary/aromatic N) is 2. The summed E-state index contributed by atoms with van der Waals surface area (Å²) in [5, 5.41) is 2.62. The summed E-state index contributed by atoms with van der Waals surface area (Å²) in [6, 6.07) is 5.08. The van der Waals surface area contributed by atoms with E-state index in [0.717, 1.165) is 24.8 Å². The maximum atomic E-state index is 12.9. The fraction of sp³-hybridized carbons (Fsp3) is 0.389. The Bertz CT molecular complexity index is 1000. The molecule has 1 amide bonds. The molecule has 0 aliphatic heterocycles. The third-order valence-electron chi connectivity index (χ3n) is 5.24. The highest BCUT2D eigenvalue weighted by Crippen LogP contribution is 2.60. The Morgan fingerprint density at radius 3 is 2.69 bits per heavy atom. The second kappa shape index (κ2) is 5.85. The number of carbonyl (C=O) groups is 1. The number of anilines is 1. The lowest BCUT2D eigenvalue weighted by Crippen LogP contribution is -2.43. The Labute approximate surface area is 152 Å². The normalized spacial score (nSPS) is 23.7. The van der Waals surface area contributed by atoms with Crippen LogP contribution >= 0.6 is 0 Å². The van der Waals surface area contributed by atoms with E-state index in [-0.39, 0.29) is 16.3 Å². The van der Waals surface area contributed by atoms with Crippen molar-refractivity contribution in [3.05, 3.63) is 36.3 Å². The second-order valence-electron chi connectivity index (χ2n) is 7.12. The van der Waals surface area contributed by atoms with E-state index in [1.165, 1.54) is 6.92 Å². The molecule has 2 aromatic heterocycles. The summed E-state index contributed by atoms with van der Waals surface area (Å²) in [5.74, 6) is 0.685. The quantitative estimate of drug-likeness (QED) is 0.838. The minimum atomic E-state index is -3.63. The van der Waals surface area contributed by atoms with Crippen LogP contribution in [0.15, 0.2) is 35.5 Å². The van der Waals surface area contributed by atoms with Crippen LogP contribution < -0.4 is 10.0 Å². The smallest absolute Gasteiger partial charge is 0.242 e. The van der Waals surface area contributed by atoms with Crippen LogP contribution in [0.5, 0.6) is 0 Å². The van der Waals surface area contributed by atoms with Crippen molar-refractivity contribution in [2.75, 3.05) is 5.32 Å². The van der Waals surface area contributed by atoms with Gasteiger partial charge in [-0.25, -0.2) is 18.1 Å². The molecule has 4 rings (SSSR count). The van der Waals surface area contributed by atoms with Crippen LogP contribution in [0.3, 0.4) is 0 Å². The zero-order chi connectivity index (χ0) is 18.5. The number of hydrogen-bond donors (Lipinski definition) is 2. The molecule has 0 spiro atoms. The molecule has 2 aliphatic carbocycles. The van der Waals surface area contributed by atoms with Gasteiger partial charge in [-0.1, -0.05) is 0 Å². The SMILES string of the molecule is CC(=O)Nc1cc(-c2cnc(C)c(S(=O)(=O)NC34CCC3C4)c2)ccn1. The first kappa shape index (κ1) is 17.1. The maximum Gasteiger partial charge on any atom is 0.242 e. The topological polar surface area (TPSA) is 101 Å². The Morgan fingerprint density at radius 1 is 1.27 bits per heavy atom. The molecular weight excluding hydrogens is 352 g/mol. The van der Waals surface area contributed by atoms with Gasteiger partial charge in [-0.2, -0.15) is 0 Å². The summed E-state index contributed by atoms with van der Waals surface area (Å²) in [6.07, 6.45) is 6.14. The lowest BCUT2D eigenvalue weighted by Gasteiger charge is -2.26. The first-order valence-corrected chi connectivity index (χ1v) is 10.0. The summed E-state index contributed by atoms with van der Waals surface area (Å²) in [6.45, 7) is 3.10. The second-order valence-corrected chi connectivity index (χ2v) is 8.77. The fourth-order valence-electron chi connectivity index (χ4n) is 3.58. The number of pyridine rings is 2. The van der Waals surface area contributed by atoms with Gasteiger partial charge in [0.25, 0.3) is 0 Å². The van der Waals surface area contributed by atoms with Gasteiger partial charge < -0.3 is 5.32 Å². The van der Waals surface area contributed by atoms with Gasteiger partial charge in [-0.05, 0) is 55.9 Å². The number of sulfonamides is 1. The number of hydrogen-bond acceptors (Lipinski definition) is 5. The van der Waals surface area contributed by atoms with Crippen LogP contribution in [0, 0.1) is 12.8 Å². The average molecular weight is 372 g/mol. The maximum absolute atomic E-state index is 12.9. The Kier molecular flexibility index (Phi) is 3.85. The Morgan fingerprint density at radius 2 is 2.08 bits per heavy atom. The van der Waals surface area contributed by atoms with E-state index in [1.54, 1.807) is 37.5 Å². The summed E-state index contributed by atoms with van der Waals surface area (Å²) >= 11 is 0. The number of aromatic nitrogens is 2. The highest BCUT2D eigenvalue weighted by molar-refractivity contribution is 7.89. The third kappa shape index (κ3) is 2.99. The molecule has 8 heteroatoms. The van der Waals surface area contributed by atoms with Gasteiger partial charge in [0.1, 0.15) is 10.7 Å². The molecule has 136 valence electrons. The van der Waals surface area contributed by atoms with Crippen LogP contribution in [0.4, 0.5) is 5.82 Å². The van der Waals surface area contributed by atoms with Gasteiger partial charge in [0.15, 0.2) is 0 Å². The zero-order valence-corrected chi connectivity index (χ0v) is 15.4. The molecule has 2 saturated carbocycles. The van der Waals surface area contributed by atoms with Gasteiger partial charge in [0.05, 0.1) is 5.69 Å². The zero-order valence-electron chi connectivity index (χ0n) is 14.6. The molecule has 0 saturated heterocycles. The van der Waals surface area contributed by atoms with E-state index >= 15 is 0 Å². The number of aryl methyl sites for hydroxylation is 1. The molecule has 2 aromatic rings. The van der Waals surface area contributed by atoms with E-state index < -0.39 is 10.0 Å². The molecule has 2 aliphatic rings. The van der Waals surface area contributed by atoms with E-state index in [0.29, 0.717) is 23.0 Å². The number of amides is 1. The summed E-state index contributed by atoms with van der Waals surface area (Å²) in [5.41, 5.74) is 1.64. The summed E-state index contributed by atoms with van der Waals surface area (Å²) < 4.78 is 28.6. The largest absolute Gasteiger partial charge is 0.311 e. The lowest BCUT2D eigenvalue weighted by molar-refractivity contribution is -0.114. The molecule has 2 fully saturated rings. The van der Waals surface area contributed by atoms with Gasteiger partial charge in [-0.15, -0.1) is 0 Å². The van der Waals surface area contributed by atoms with Gasteiger partial charge in [0, 0.05) is 30.4 Å². The van der Waals surface area contributed by atoms with E-state index in [1.807, 2.05) is 0 Å². The van der Waals surface area contributed by atoms with Crippen LogP contribution in [0.2, 0.25) is 0 Å². The van der Waals surface area contributed by atoms with Crippen molar-refractivity contribution in [3.8, 4) is 11.1 Å². The highest BCUT2D eigenvalue weighted by atomic mass is 32.2. The molecule has 2 N–H and O–H groups in total. The number of nitrogens with one attached hydrogen (secondary N) is 2. The first-order valence-electron chi connectivity index (χ1n) is 8.54. The molecule has 0 radical (unpaired) electrons. The summed E-state index contributed by atoms with van der Waals surface area (Å²) in [4.78, 5) is 19.8. The molecule has 2 heterocycles. The monoisotopic (exact) mass is 372 g/mol. The van der Waals surface area contributed by atoms with Crippen LogP contribution in [-0.4, -0.2) is 29.8 Å². The van der Waals surface area contributed by atoms with Crippen LogP contribution in [0.25, 0.3) is 11.1 Å². The van der Waals surface area contributed by atoms with Crippen LogP contribution in [0.1, 0.15) is 31.9 Å². The average Bonchev–Trinajstić information content (AvgIpc) is 3.07. The molecular formula is C18H20N4O3S. The molecule has 0 bridgehead atoms. The molecule has 7 nitrogen and oxygen atoms in total. The van der Waals surface area contributed by atoms with Crippen molar-refractivity contribution < 1.29 is 13.2 Å². The predicted octanol–water partition coefficient (Wildman–Crippen LogP) is 2.24. The summed E-state index contributed by atoms with van der Waals surface area (Å²) in [7, 11) is -3.63. The molecule has 2 unspecified atom stereocenters. The standard InChI is InChI=1S/C18H20N4O3S/c1-11-16(26(24,25)22-18-5-3-15(18)9-18)7-14(10-20-11)13-4-6-19-17(8-13)21-12(2)23/h4,6-8,10,15,22H,3,5,9H2,1-2H3,(H,19,21,23). The van der Waals surface area contributed by atoms with E-state index in [4.69, 9.17) is 0 Å². The Hall–Kier alpha value is -2.32. The van der Waals surface area contributed by atoms with Gasteiger partial charge in [0.2, 0.25) is 15.9 Å². The van der Waals surface area contributed by atoms with Crippen LogP contribution in [-0.2, 0) is 14.8 Å². The van der Waals surface area contributed by atoms with Gasteiger partial charge >= 0.3 is 0 Å². The van der Waals surface area contributed by atoms with E-state index in [9.17, 15) is 13.2 Å². The van der Waals surface area contributed by atoms with Crippen molar-refractivity contribution >= 4 is 21.7 Å². The van der Waals surface area contributed by atoms with Crippen molar-refractivity contribution in [3.63, 3.8) is 0 Å². The van der Waals surface area contributed by atoms with Crippen molar-refractivity contribution in [2.24, 2.45) is 5.92 Å². The molecule has 26 heavy (non-hydrogen) atoms. The molecule has 0 aromatic carbocycles. The minimum Gasteiger partial charge on any atom is -0.311 e. The number of carbonyl (C=O) groups excluding carboxylic acids is 1. The molecule has 2 atom stereocenters. The van der Waals surface area contributed by atoms with Crippen molar-refractivity contribution in [1.82, 2.24) is 14.7 Å². The predicted molar refractivity (Wildman–Crippen MR) is 96.9 cm³/mol.